The van der Waals surface area contributed by atoms with E-state index in [0.29, 0.717) is 16.3 Å². The first-order chi connectivity index (χ1) is 8.26. The van der Waals surface area contributed by atoms with E-state index in [1.54, 1.807) is 18.2 Å². The molecular formula is C14H16ClNOS. The largest absolute Gasteiger partial charge is 0.488 e. The van der Waals surface area contributed by atoms with Gasteiger partial charge in [-0.3, -0.25) is 0 Å². The number of ether oxygens (including phenoxy) is 1. The first-order valence-corrected chi connectivity index (χ1v) is 6.67. The quantitative estimate of drug-likeness (QED) is 0.829. The fraction of sp³-hybridized carbons (Fsp3) is 0.500. The van der Waals surface area contributed by atoms with Crippen molar-refractivity contribution < 1.29 is 4.74 Å². The Bertz CT molecular complexity index is 505. The summed E-state index contributed by atoms with van der Waals surface area (Å²) in [6, 6.07) is 7.19. The molecule has 18 heavy (non-hydrogen) atoms. The summed E-state index contributed by atoms with van der Waals surface area (Å²) in [7, 11) is 0. The summed E-state index contributed by atoms with van der Waals surface area (Å²) in [5.41, 5.74) is 0.571. The standard InChI is InChI=1S/C14H16ClNOS/c1-13(2)8-14(3,18)12(13)17-10-5-4-9(7-16)11(15)6-10/h4-6,12,18H,8H2,1-3H3. The number of nitrogens with zero attached hydrogens (tertiary/aromatic N) is 1. The van der Waals surface area contributed by atoms with Crippen LogP contribution in [0.3, 0.4) is 0 Å². The summed E-state index contributed by atoms with van der Waals surface area (Å²) in [4.78, 5) is 0. The molecule has 0 aliphatic heterocycles. The lowest BCUT2D eigenvalue weighted by atomic mass is 9.61. The number of nitriles is 1. The maximum atomic E-state index is 8.83. The van der Waals surface area contributed by atoms with Gasteiger partial charge in [-0.1, -0.05) is 25.4 Å². The predicted octanol–water partition coefficient (Wildman–Crippen LogP) is 4.08. The molecule has 1 aliphatic rings. The maximum Gasteiger partial charge on any atom is 0.121 e. The van der Waals surface area contributed by atoms with Gasteiger partial charge < -0.3 is 4.74 Å². The predicted molar refractivity (Wildman–Crippen MR) is 76.4 cm³/mol. The van der Waals surface area contributed by atoms with Gasteiger partial charge in [-0.2, -0.15) is 17.9 Å². The van der Waals surface area contributed by atoms with Crippen molar-refractivity contribution in [2.75, 3.05) is 0 Å². The number of thiol groups is 1. The highest BCUT2D eigenvalue weighted by molar-refractivity contribution is 7.82. The lowest BCUT2D eigenvalue weighted by molar-refractivity contribution is -0.0502. The SMILES string of the molecule is CC1(C)CC(C)(S)C1Oc1ccc(C#N)c(Cl)c1. The van der Waals surface area contributed by atoms with Crippen LogP contribution >= 0.6 is 24.2 Å². The second kappa shape index (κ2) is 4.36. The minimum atomic E-state index is -0.121. The topological polar surface area (TPSA) is 33.0 Å². The second-order valence-corrected chi connectivity index (χ2v) is 7.20. The molecule has 0 radical (unpaired) electrons. The molecule has 1 saturated carbocycles. The molecule has 1 aromatic carbocycles. The molecule has 96 valence electrons. The van der Waals surface area contributed by atoms with Crippen LogP contribution in [0.25, 0.3) is 0 Å². The van der Waals surface area contributed by atoms with Crippen molar-refractivity contribution in [3.63, 3.8) is 0 Å². The van der Waals surface area contributed by atoms with Gasteiger partial charge in [0.05, 0.1) is 10.6 Å². The van der Waals surface area contributed by atoms with Crippen molar-refractivity contribution >= 4 is 24.2 Å². The normalized spacial score (nSPS) is 29.2. The van der Waals surface area contributed by atoms with Crippen LogP contribution in [0.4, 0.5) is 0 Å². The third-order valence-corrected chi connectivity index (χ3v) is 4.11. The van der Waals surface area contributed by atoms with Crippen LogP contribution in [0.15, 0.2) is 18.2 Å². The summed E-state index contributed by atoms with van der Waals surface area (Å²) in [6.07, 6.45) is 1.05. The Morgan fingerprint density at radius 1 is 1.44 bits per heavy atom. The van der Waals surface area contributed by atoms with E-state index in [4.69, 9.17) is 21.6 Å². The highest BCUT2D eigenvalue weighted by Crippen LogP contribution is 2.53. The Labute approximate surface area is 118 Å². The summed E-state index contributed by atoms with van der Waals surface area (Å²) in [5, 5.41) is 9.25. The van der Waals surface area contributed by atoms with E-state index in [9.17, 15) is 0 Å². The van der Waals surface area contributed by atoms with E-state index in [2.05, 4.69) is 33.4 Å². The van der Waals surface area contributed by atoms with Gasteiger partial charge in [-0.15, -0.1) is 0 Å². The molecule has 1 fully saturated rings. The van der Waals surface area contributed by atoms with Crippen molar-refractivity contribution in [1.82, 2.24) is 0 Å². The van der Waals surface area contributed by atoms with Crippen LogP contribution < -0.4 is 4.74 Å². The van der Waals surface area contributed by atoms with Crippen molar-refractivity contribution in [3.8, 4) is 11.8 Å². The lowest BCUT2D eigenvalue weighted by Gasteiger charge is -2.55. The number of rotatable bonds is 2. The molecule has 1 aliphatic carbocycles. The number of halogens is 1. The lowest BCUT2D eigenvalue weighted by Crippen LogP contribution is -2.61. The molecule has 0 aromatic heterocycles. The zero-order valence-electron chi connectivity index (χ0n) is 10.7. The number of hydrogen-bond acceptors (Lipinski definition) is 3. The van der Waals surface area contributed by atoms with Gasteiger partial charge in [0.25, 0.3) is 0 Å². The third-order valence-electron chi connectivity index (χ3n) is 3.40. The van der Waals surface area contributed by atoms with E-state index >= 15 is 0 Å². The van der Waals surface area contributed by atoms with Gasteiger partial charge in [0.1, 0.15) is 17.9 Å². The molecule has 0 saturated heterocycles. The average molecular weight is 282 g/mol. The summed E-state index contributed by atoms with van der Waals surface area (Å²) < 4.78 is 5.87. The first-order valence-electron chi connectivity index (χ1n) is 5.85. The molecular weight excluding hydrogens is 266 g/mol. The Morgan fingerprint density at radius 3 is 2.56 bits per heavy atom. The minimum absolute atomic E-state index is 0.0392. The van der Waals surface area contributed by atoms with Crippen molar-refractivity contribution in [1.29, 1.82) is 5.26 Å². The average Bonchev–Trinajstić information content (AvgIpc) is 2.24. The van der Waals surface area contributed by atoms with Crippen molar-refractivity contribution in [2.24, 2.45) is 5.41 Å². The highest BCUT2D eigenvalue weighted by atomic mass is 35.5. The van der Waals surface area contributed by atoms with Crippen LogP contribution in [0, 0.1) is 16.7 Å². The molecule has 0 amide bonds. The minimum Gasteiger partial charge on any atom is -0.488 e. The van der Waals surface area contributed by atoms with Crippen molar-refractivity contribution in [2.45, 2.75) is 38.0 Å². The highest BCUT2D eigenvalue weighted by Gasteiger charge is 2.55. The van der Waals surface area contributed by atoms with Gasteiger partial charge in [0.15, 0.2) is 0 Å². The van der Waals surface area contributed by atoms with E-state index in [-0.39, 0.29) is 16.3 Å². The molecule has 1 aromatic rings. The fourth-order valence-electron chi connectivity index (χ4n) is 2.90. The van der Waals surface area contributed by atoms with Gasteiger partial charge >= 0.3 is 0 Å². The Balaban J connectivity index is 2.20. The van der Waals surface area contributed by atoms with E-state index < -0.39 is 0 Å². The van der Waals surface area contributed by atoms with E-state index in [1.807, 2.05) is 6.07 Å². The van der Waals surface area contributed by atoms with Crippen LogP contribution in [0.5, 0.6) is 5.75 Å². The summed E-state index contributed by atoms with van der Waals surface area (Å²) in [6.45, 7) is 6.42. The molecule has 2 atom stereocenters. The monoisotopic (exact) mass is 281 g/mol. The maximum absolute atomic E-state index is 8.83. The zero-order chi connectivity index (χ0) is 13.6. The van der Waals surface area contributed by atoms with Crippen LogP contribution in [0.2, 0.25) is 5.02 Å². The molecule has 0 N–H and O–H groups in total. The van der Waals surface area contributed by atoms with Gasteiger partial charge in [-0.25, -0.2) is 0 Å². The number of benzene rings is 1. The third kappa shape index (κ3) is 2.32. The second-order valence-electron chi connectivity index (χ2n) is 5.77. The van der Waals surface area contributed by atoms with Crippen LogP contribution in [-0.2, 0) is 0 Å². The molecule has 0 bridgehead atoms. The van der Waals surface area contributed by atoms with Gasteiger partial charge in [0.2, 0.25) is 0 Å². The Hall–Kier alpha value is -0.850. The smallest absolute Gasteiger partial charge is 0.121 e. The van der Waals surface area contributed by atoms with E-state index in [0.717, 1.165) is 6.42 Å². The summed E-state index contributed by atoms with van der Waals surface area (Å²) >= 11 is 10.6. The van der Waals surface area contributed by atoms with Crippen LogP contribution in [0.1, 0.15) is 32.8 Å². The Morgan fingerprint density at radius 2 is 2.11 bits per heavy atom. The molecule has 2 nitrogen and oxygen atoms in total. The Kier molecular flexibility index (Phi) is 3.29. The molecule has 2 rings (SSSR count). The van der Waals surface area contributed by atoms with Crippen molar-refractivity contribution in [3.05, 3.63) is 28.8 Å². The molecule has 4 heteroatoms. The van der Waals surface area contributed by atoms with Gasteiger partial charge in [0, 0.05) is 16.2 Å². The van der Waals surface area contributed by atoms with Crippen LogP contribution in [-0.4, -0.2) is 10.9 Å². The molecule has 0 heterocycles. The van der Waals surface area contributed by atoms with Gasteiger partial charge in [-0.05, 0) is 25.5 Å². The number of hydrogen-bond donors (Lipinski definition) is 1. The molecule has 0 spiro atoms. The summed E-state index contributed by atoms with van der Waals surface area (Å²) in [5.74, 6) is 0.692. The molecule has 2 unspecified atom stereocenters. The van der Waals surface area contributed by atoms with E-state index in [1.165, 1.54) is 0 Å². The zero-order valence-corrected chi connectivity index (χ0v) is 12.3. The first kappa shape index (κ1) is 13.6. The fourth-order valence-corrected chi connectivity index (χ4v) is 3.92.